The summed E-state index contributed by atoms with van der Waals surface area (Å²) in [5.41, 5.74) is 1.70. The minimum absolute atomic E-state index is 0.0409. The first-order valence-corrected chi connectivity index (χ1v) is 7.25. The molecule has 0 saturated heterocycles. The van der Waals surface area contributed by atoms with Crippen molar-refractivity contribution in [3.05, 3.63) is 23.8 Å². The van der Waals surface area contributed by atoms with Crippen LogP contribution in [0.25, 0.3) is 0 Å². The Hall–Kier alpha value is -1.38. The fraction of sp³-hybridized carbons (Fsp3) is 0.625. The molecule has 3 aliphatic rings. The molecule has 19 heavy (non-hydrogen) atoms. The van der Waals surface area contributed by atoms with Crippen molar-refractivity contribution in [3.8, 4) is 0 Å². The number of amides is 2. The minimum atomic E-state index is -0.0459. The topological polar surface area (TPSA) is 37.4 Å². The fourth-order valence-corrected chi connectivity index (χ4v) is 4.24. The molecule has 1 saturated carbocycles. The lowest BCUT2D eigenvalue weighted by atomic mass is 9.80. The first-order chi connectivity index (χ1) is 9.04. The largest absolute Gasteiger partial charge is 0.271 e. The molecule has 1 fully saturated rings. The molecule has 2 amide bonds. The molecule has 2 bridgehead atoms. The van der Waals surface area contributed by atoms with Crippen LogP contribution < -0.4 is 0 Å². The van der Waals surface area contributed by atoms with Gasteiger partial charge in [0.05, 0.1) is 0 Å². The van der Waals surface area contributed by atoms with Gasteiger partial charge >= 0.3 is 0 Å². The lowest BCUT2D eigenvalue weighted by Crippen LogP contribution is -2.33. The number of imide groups is 1. The monoisotopic (exact) mass is 259 g/mol. The molecule has 1 heterocycles. The van der Waals surface area contributed by atoms with E-state index >= 15 is 0 Å². The van der Waals surface area contributed by atoms with E-state index in [1.807, 2.05) is 0 Å². The molecule has 102 valence electrons. The van der Waals surface area contributed by atoms with Crippen LogP contribution in [0.2, 0.25) is 0 Å². The Morgan fingerprint density at radius 1 is 1.26 bits per heavy atom. The summed E-state index contributed by atoms with van der Waals surface area (Å²) in [7, 11) is 0. The SMILES string of the molecule is C=CCN1C(=O)C2=C(C1=O)C1CC2CC1CC(C)C. The lowest BCUT2D eigenvalue weighted by Gasteiger charge is -2.23. The number of carbonyl (C=O) groups excluding carboxylic acids is 2. The van der Waals surface area contributed by atoms with Crippen LogP contribution in [0.15, 0.2) is 23.8 Å². The Labute approximate surface area is 114 Å². The van der Waals surface area contributed by atoms with E-state index in [1.54, 1.807) is 6.08 Å². The highest BCUT2D eigenvalue weighted by Gasteiger charge is 2.55. The highest BCUT2D eigenvalue weighted by atomic mass is 16.2. The van der Waals surface area contributed by atoms with E-state index in [2.05, 4.69) is 20.4 Å². The number of fused-ring (bicyclic) bond motifs is 4. The van der Waals surface area contributed by atoms with E-state index in [0.29, 0.717) is 30.2 Å². The maximum atomic E-state index is 12.4. The number of nitrogens with zero attached hydrogens (tertiary/aromatic N) is 1. The van der Waals surface area contributed by atoms with Gasteiger partial charge in [-0.2, -0.15) is 0 Å². The summed E-state index contributed by atoms with van der Waals surface area (Å²) in [4.78, 5) is 26.1. The van der Waals surface area contributed by atoms with Crippen molar-refractivity contribution in [2.45, 2.75) is 33.1 Å². The normalized spacial score (nSPS) is 32.8. The number of rotatable bonds is 4. The van der Waals surface area contributed by atoms with E-state index < -0.39 is 0 Å². The molecule has 3 nitrogen and oxygen atoms in total. The first-order valence-electron chi connectivity index (χ1n) is 7.25. The van der Waals surface area contributed by atoms with E-state index in [1.165, 1.54) is 11.3 Å². The molecule has 0 radical (unpaired) electrons. The summed E-state index contributed by atoms with van der Waals surface area (Å²) < 4.78 is 0. The quantitative estimate of drug-likeness (QED) is 0.574. The van der Waals surface area contributed by atoms with Gasteiger partial charge in [0.2, 0.25) is 0 Å². The van der Waals surface area contributed by atoms with Gasteiger partial charge in [-0.05, 0) is 42.9 Å². The van der Waals surface area contributed by atoms with Crippen LogP contribution in [0.1, 0.15) is 33.1 Å². The number of hydrogen-bond donors (Lipinski definition) is 0. The second kappa shape index (κ2) is 4.32. The standard InChI is InChI=1S/C16H21NO2/c1-4-5-17-15(18)13-11-7-10(6-9(2)3)12(8-11)14(13)16(17)19/h4,9-12H,1,5-8H2,2-3H3. The lowest BCUT2D eigenvalue weighted by molar-refractivity contribution is -0.137. The van der Waals surface area contributed by atoms with Gasteiger partial charge in [0, 0.05) is 17.7 Å². The average Bonchev–Trinajstić information content (AvgIpc) is 2.96. The van der Waals surface area contributed by atoms with Gasteiger partial charge in [-0.1, -0.05) is 19.9 Å². The van der Waals surface area contributed by atoms with Crippen molar-refractivity contribution >= 4 is 11.8 Å². The van der Waals surface area contributed by atoms with Gasteiger partial charge in [0.15, 0.2) is 0 Å². The van der Waals surface area contributed by atoms with Gasteiger partial charge < -0.3 is 0 Å². The Bertz CT molecular complexity index is 489. The van der Waals surface area contributed by atoms with Crippen LogP contribution >= 0.6 is 0 Å². The molecule has 2 aliphatic carbocycles. The molecule has 3 rings (SSSR count). The van der Waals surface area contributed by atoms with Gasteiger partial charge in [0.25, 0.3) is 11.8 Å². The Kier molecular flexibility index (Phi) is 2.88. The molecule has 0 aromatic heterocycles. The third kappa shape index (κ3) is 1.71. The van der Waals surface area contributed by atoms with Crippen molar-refractivity contribution in [1.82, 2.24) is 4.90 Å². The molecule has 0 spiro atoms. The third-order valence-electron chi connectivity index (χ3n) is 4.80. The zero-order valence-electron chi connectivity index (χ0n) is 11.7. The highest BCUT2D eigenvalue weighted by molar-refractivity contribution is 6.20. The average molecular weight is 259 g/mol. The molecule has 0 N–H and O–H groups in total. The Morgan fingerprint density at radius 2 is 1.95 bits per heavy atom. The molecule has 3 heteroatoms. The van der Waals surface area contributed by atoms with Crippen LogP contribution in [0.5, 0.6) is 0 Å². The molecule has 3 atom stereocenters. The summed E-state index contributed by atoms with van der Waals surface area (Å²) in [6, 6.07) is 0. The van der Waals surface area contributed by atoms with E-state index in [9.17, 15) is 9.59 Å². The second-order valence-electron chi connectivity index (χ2n) is 6.50. The van der Waals surface area contributed by atoms with Crippen molar-refractivity contribution in [2.24, 2.45) is 23.7 Å². The molecule has 1 aliphatic heterocycles. The number of carbonyl (C=O) groups is 2. The molecule has 0 aromatic carbocycles. The van der Waals surface area contributed by atoms with Gasteiger partial charge in [-0.3, -0.25) is 14.5 Å². The molecule has 3 unspecified atom stereocenters. The van der Waals surface area contributed by atoms with E-state index in [-0.39, 0.29) is 11.8 Å². The van der Waals surface area contributed by atoms with Gasteiger partial charge in [-0.25, -0.2) is 0 Å². The summed E-state index contributed by atoms with van der Waals surface area (Å²) >= 11 is 0. The third-order valence-corrected chi connectivity index (χ3v) is 4.80. The zero-order valence-corrected chi connectivity index (χ0v) is 11.7. The minimum Gasteiger partial charge on any atom is -0.271 e. The van der Waals surface area contributed by atoms with Crippen LogP contribution in [-0.2, 0) is 9.59 Å². The number of hydrogen-bond acceptors (Lipinski definition) is 2. The first kappa shape index (κ1) is 12.6. The molecular weight excluding hydrogens is 238 g/mol. The van der Waals surface area contributed by atoms with Gasteiger partial charge in [0.1, 0.15) is 0 Å². The van der Waals surface area contributed by atoms with Crippen LogP contribution in [-0.4, -0.2) is 23.3 Å². The highest BCUT2D eigenvalue weighted by Crippen LogP contribution is 2.56. The predicted molar refractivity (Wildman–Crippen MR) is 73.1 cm³/mol. The molecule has 0 aromatic rings. The number of likely N-dealkylation sites (tertiary alicyclic amines) is 1. The van der Waals surface area contributed by atoms with Crippen molar-refractivity contribution in [3.63, 3.8) is 0 Å². The van der Waals surface area contributed by atoms with Crippen LogP contribution in [0.3, 0.4) is 0 Å². The summed E-state index contributed by atoms with van der Waals surface area (Å²) in [6.07, 6.45) is 4.93. The smallest absolute Gasteiger partial charge is 0.257 e. The van der Waals surface area contributed by atoms with Crippen molar-refractivity contribution in [2.75, 3.05) is 6.54 Å². The van der Waals surface area contributed by atoms with E-state index in [0.717, 1.165) is 24.0 Å². The summed E-state index contributed by atoms with van der Waals surface area (Å²) in [6.45, 7) is 8.43. The Balaban J connectivity index is 1.87. The summed E-state index contributed by atoms with van der Waals surface area (Å²) in [5, 5.41) is 0. The van der Waals surface area contributed by atoms with Crippen LogP contribution in [0, 0.1) is 23.7 Å². The Morgan fingerprint density at radius 3 is 2.58 bits per heavy atom. The predicted octanol–water partition coefficient (Wildman–Crippen LogP) is 2.54. The maximum Gasteiger partial charge on any atom is 0.257 e. The molecular formula is C16H21NO2. The van der Waals surface area contributed by atoms with Crippen molar-refractivity contribution < 1.29 is 9.59 Å². The van der Waals surface area contributed by atoms with Gasteiger partial charge in [-0.15, -0.1) is 6.58 Å². The van der Waals surface area contributed by atoms with E-state index in [4.69, 9.17) is 0 Å². The van der Waals surface area contributed by atoms with Crippen molar-refractivity contribution in [1.29, 1.82) is 0 Å². The fourth-order valence-electron chi connectivity index (χ4n) is 4.24. The maximum absolute atomic E-state index is 12.4. The zero-order chi connectivity index (χ0) is 13.7. The summed E-state index contributed by atoms with van der Waals surface area (Å²) in [5.74, 6) is 1.86. The second-order valence-corrected chi connectivity index (χ2v) is 6.50. The van der Waals surface area contributed by atoms with Crippen LogP contribution in [0.4, 0.5) is 0 Å².